The van der Waals surface area contributed by atoms with Crippen LogP contribution in [0.4, 0.5) is 0 Å². The quantitative estimate of drug-likeness (QED) is 0.553. The van der Waals surface area contributed by atoms with Crippen molar-refractivity contribution in [1.29, 1.82) is 0 Å². The van der Waals surface area contributed by atoms with Crippen molar-refractivity contribution in [2.75, 3.05) is 0 Å². The van der Waals surface area contributed by atoms with E-state index in [4.69, 9.17) is 4.79 Å². The monoisotopic (exact) mass is 219 g/mol. The molecule has 1 amide bonds. The number of carbonyl (C=O) groups is 1. The van der Waals surface area contributed by atoms with Gasteiger partial charge >= 0.3 is 0 Å². The summed E-state index contributed by atoms with van der Waals surface area (Å²) in [5, 5.41) is 9.61. The first-order valence-corrected chi connectivity index (χ1v) is 5.26. The normalized spacial score (nSPS) is 22.3. The predicted molar refractivity (Wildman–Crippen MR) is 64.0 cm³/mol. The summed E-state index contributed by atoms with van der Waals surface area (Å²) >= 11 is 0. The maximum absolute atomic E-state index is 9.61. The minimum atomic E-state index is -0.196. The fourth-order valence-corrected chi connectivity index (χ4v) is 2.06. The minimum Gasteiger partial charge on any atom is -0.393 e. The van der Waals surface area contributed by atoms with Crippen LogP contribution in [0.5, 0.6) is 0 Å². The van der Waals surface area contributed by atoms with E-state index in [1.165, 1.54) is 11.1 Å². The molecule has 0 aliphatic heterocycles. The third-order valence-corrected chi connectivity index (χ3v) is 2.72. The van der Waals surface area contributed by atoms with Crippen molar-refractivity contribution in [2.24, 2.45) is 5.73 Å². The van der Waals surface area contributed by atoms with E-state index in [0.29, 0.717) is 5.92 Å². The topological polar surface area (TPSA) is 63.3 Å². The Labute approximate surface area is 95.6 Å². The van der Waals surface area contributed by atoms with Gasteiger partial charge in [-0.05, 0) is 24.0 Å². The molecule has 0 saturated heterocycles. The highest BCUT2D eigenvalue weighted by molar-refractivity contribution is 5.42. The Morgan fingerprint density at radius 2 is 2.06 bits per heavy atom. The van der Waals surface area contributed by atoms with Crippen molar-refractivity contribution in [3.05, 3.63) is 48.0 Å². The van der Waals surface area contributed by atoms with Gasteiger partial charge in [0, 0.05) is 5.92 Å². The number of carbonyl (C=O) groups excluding carboxylic acids is 1. The highest BCUT2D eigenvalue weighted by Crippen LogP contribution is 2.31. The van der Waals surface area contributed by atoms with E-state index in [1.807, 2.05) is 18.2 Å². The van der Waals surface area contributed by atoms with Crippen LogP contribution in [0.1, 0.15) is 23.5 Å². The molecular formula is C13H17NO2. The van der Waals surface area contributed by atoms with Crippen molar-refractivity contribution in [2.45, 2.75) is 24.9 Å². The molecular weight excluding hydrogens is 202 g/mol. The third-order valence-electron chi connectivity index (χ3n) is 2.72. The van der Waals surface area contributed by atoms with Crippen LogP contribution in [-0.2, 0) is 11.2 Å². The van der Waals surface area contributed by atoms with Gasteiger partial charge in [-0.15, -0.1) is 6.58 Å². The largest absolute Gasteiger partial charge is 0.393 e. The molecule has 3 nitrogen and oxygen atoms in total. The molecule has 0 radical (unpaired) electrons. The van der Waals surface area contributed by atoms with Crippen molar-refractivity contribution < 1.29 is 9.90 Å². The van der Waals surface area contributed by atoms with Gasteiger partial charge in [-0.2, -0.15) is 0 Å². The summed E-state index contributed by atoms with van der Waals surface area (Å²) in [7, 11) is 0. The van der Waals surface area contributed by atoms with Crippen LogP contribution in [0.2, 0.25) is 0 Å². The maximum atomic E-state index is 9.61. The van der Waals surface area contributed by atoms with E-state index in [-0.39, 0.29) is 12.5 Å². The van der Waals surface area contributed by atoms with E-state index < -0.39 is 0 Å². The van der Waals surface area contributed by atoms with Gasteiger partial charge in [0.2, 0.25) is 6.41 Å². The first-order valence-electron chi connectivity index (χ1n) is 5.26. The smallest absolute Gasteiger partial charge is 0.204 e. The van der Waals surface area contributed by atoms with Crippen molar-refractivity contribution in [1.82, 2.24) is 0 Å². The zero-order valence-corrected chi connectivity index (χ0v) is 9.17. The summed E-state index contributed by atoms with van der Waals surface area (Å²) in [6.45, 7) is 3.81. The fraction of sp³-hybridized carbons (Fsp3) is 0.308. The molecule has 1 aromatic carbocycles. The molecule has 2 unspecified atom stereocenters. The number of hydrogen-bond acceptors (Lipinski definition) is 2. The molecule has 2 atom stereocenters. The number of allylic oxidation sites excluding steroid dienone is 1. The Kier molecular flexibility index (Phi) is 4.73. The Morgan fingerprint density at radius 3 is 2.69 bits per heavy atom. The number of nitrogens with two attached hydrogens (primary N) is 1. The number of amides is 1. The molecule has 0 spiro atoms. The second kappa shape index (κ2) is 6.08. The fourth-order valence-electron chi connectivity index (χ4n) is 2.06. The lowest BCUT2D eigenvalue weighted by molar-refractivity contribution is -0.106. The molecule has 86 valence electrons. The molecule has 1 aromatic rings. The van der Waals surface area contributed by atoms with Gasteiger partial charge in [0.1, 0.15) is 0 Å². The number of rotatable bonds is 1. The van der Waals surface area contributed by atoms with Crippen LogP contribution in [0.3, 0.4) is 0 Å². The standard InChI is InChI=1S/C12H14O.CH3NO/c1-2-9-7-11(13)8-10-5-3-4-6-12(9)10;2-1-3/h2-6,9,11,13H,1,7-8H2;1H,(H2,2,3). The second-order valence-electron chi connectivity index (χ2n) is 3.77. The van der Waals surface area contributed by atoms with Crippen molar-refractivity contribution >= 4 is 6.41 Å². The molecule has 0 heterocycles. The first kappa shape index (κ1) is 12.5. The highest BCUT2D eigenvalue weighted by atomic mass is 16.3. The van der Waals surface area contributed by atoms with E-state index in [9.17, 15) is 5.11 Å². The number of aliphatic hydroxyl groups excluding tert-OH is 1. The number of hydrogen-bond donors (Lipinski definition) is 2. The lowest BCUT2D eigenvalue weighted by Gasteiger charge is -2.26. The van der Waals surface area contributed by atoms with Crippen molar-refractivity contribution in [3.8, 4) is 0 Å². The minimum absolute atomic E-state index is 0.196. The van der Waals surface area contributed by atoms with Gasteiger partial charge in [-0.3, -0.25) is 4.79 Å². The molecule has 0 bridgehead atoms. The Hall–Kier alpha value is -1.61. The van der Waals surface area contributed by atoms with Gasteiger partial charge in [0.15, 0.2) is 0 Å². The van der Waals surface area contributed by atoms with Gasteiger partial charge in [-0.1, -0.05) is 30.3 Å². The van der Waals surface area contributed by atoms with Crippen LogP contribution in [0.15, 0.2) is 36.9 Å². The van der Waals surface area contributed by atoms with Gasteiger partial charge < -0.3 is 10.8 Å². The van der Waals surface area contributed by atoms with Gasteiger partial charge in [0.25, 0.3) is 0 Å². The Bertz CT molecular complexity index is 363. The summed E-state index contributed by atoms with van der Waals surface area (Å²) < 4.78 is 0. The molecule has 1 aliphatic rings. The zero-order valence-electron chi connectivity index (χ0n) is 9.17. The van der Waals surface area contributed by atoms with Gasteiger partial charge in [0.05, 0.1) is 6.10 Å². The number of primary amides is 1. The SMILES string of the molecule is C=CC1CC(O)Cc2ccccc21.NC=O. The molecule has 16 heavy (non-hydrogen) atoms. The summed E-state index contributed by atoms with van der Waals surface area (Å²) in [5.74, 6) is 0.333. The summed E-state index contributed by atoms with van der Waals surface area (Å²) in [6, 6.07) is 8.30. The second-order valence-corrected chi connectivity index (χ2v) is 3.77. The lowest BCUT2D eigenvalue weighted by atomic mass is 9.81. The Balaban J connectivity index is 0.000000386. The number of fused-ring (bicyclic) bond motifs is 1. The van der Waals surface area contributed by atoms with Gasteiger partial charge in [-0.25, -0.2) is 0 Å². The third kappa shape index (κ3) is 2.94. The molecule has 3 N–H and O–H groups in total. The van der Waals surface area contributed by atoms with Crippen LogP contribution in [-0.4, -0.2) is 17.6 Å². The van der Waals surface area contributed by atoms with E-state index in [1.54, 1.807) is 0 Å². The number of benzene rings is 1. The Morgan fingerprint density at radius 1 is 1.44 bits per heavy atom. The summed E-state index contributed by atoms with van der Waals surface area (Å²) in [4.78, 5) is 8.58. The van der Waals surface area contributed by atoms with E-state index in [0.717, 1.165) is 12.8 Å². The van der Waals surface area contributed by atoms with E-state index in [2.05, 4.69) is 24.4 Å². The average Bonchev–Trinajstić information content (AvgIpc) is 2.29. The molecule has 3 heteroatoms. The average molecular weight is 219 g/mol. The van der Waals surface area contributed by atoms with Crippen LogP contribution in [0, 0.1) is 0 Å². The molecule has 2 rings (SSSR count). The van der Waals surface area contributed by atoms with Crippen LogP contribution < -0.4 is 5.73 Å². The highest BCUT2D eigenvalue weighted by Gasteiger charge is 2.22. The first-order chi connectivity index (χ1) is 7.72. The summed E-state index contributed by atoms with van der Waals surface area (Å²) in [5.41, 5.74) is 6.77. The maximum Gasteiger partial charge on any atom is 0.204 e. The predicted octanol–water partition coefficient (Wildman–Crippen LogP) is 1.36. The lowest BCUT2D eigenvalue weighted by Crippen LogP contribution is -2.21. The number of aliphatic hydroxyl groups is 1. The summed E-state index contributed by atoms with van der Waals surface area (Å²) in [6.07, 6.45) is 3.60. The van der Waals surface area contributed by atoms with Crippen molar-refractivity contribution in [3.63, 3.8) is 0 Å². The van der Waals surface area contributed by atoms with Crippen LogP contribution >= 0.6 is 0 Å². The molecule has 1 aliphatic carbocycles. The zero-order chi connectivity index (χ0) is 12.0. The molecule has 0 fully saturated rings. The van der Waals surface area contributed by atoms with Crippen LogP contribution in [0.25, 0.3) is 0 Å². The molecule has 0 saturated carbocycles. The molecule has 0 aromatic heterocycles. The van der Waals surface area contributed by atoms with E-state index >= 15 is 0 Å².